The van der Waals surface area contributed by atoms with Gasteiger partial charge in [0.1, 0.15) is 0 Å². The predicted molar refractivity (Wildman–Crippen MR) is 101 cm³/mol. The van der Waals surface area contributed by atoms with Crippen LogP contribution < -0.4 is 5.73 Å². The molecule has 0 aliphatic carbocycles. The second-order valence-corrected chi connectivity index (χ2v) is 7.36. The molecule has 0 saturated heterocycles. The molecule has 0 bridgehead atoms. The van der Waals surface area contributed by atoms with Crippen molar-refractivity contribution in [2.45, 2.75) is 96.1 Å². The normalized spacial score (nSPS) is 12.0. The highest BCUT2D eigenvalue weighted by Gasteiger charge is 2.25. The number of aromatic nitrogens is 3. The Kier molecular flexibility index (Phi) is 11.7. The molecule has 0 aliphatic rings. The van der Waals surface area contributed by atoms with E-state index >= 15 is 0 Å². The summed E-state index contributed by atoms with van der Waals surface area (Å²) in [6, 6.07) is 0. The van der Waals surface area contributed by atoms with Crippen molar-refractivity contribution in [1.29, 1.82) is 0 Å². The first-order chi connectivity index (χ1) is 12.1. The Bertz CT molecular complexity index is 433. The molecule has 4 N–H and O–H groups in total. The summed E-state index contributed by atoms with van der Waals surface area (Å²) in [4.78, 5) is 0. The van der Waals surface area contributed by atoms with Crippen molar-refractivity contribution in [2.24, 2.45) is 5.73 Å². The zero-order valence-electron chi connectivity index (χ0n) is 16.0. The van der Waals surface area contributed by atoms with Crippen LogP contribution in [0.4, 0.5) is 0 Å². The van der Waals surface area contributed by atoms with E-state index in [2.05, 4.69) is 17.2 Å². The first-order valence-electron chi connectivity index (χ1n) is 10.0. The van der Waals surface area contributed by atoms with Gasteiger partial charge in [0.05, 0.1) is 24.4 Å². The van der Waals surface area contributed by atoms with Crippen LogP contribution in [0.1, 0.15) is 83.2 Å². The molecule has 0 aromatic carbocycles. The molecule has 146 valence electrons. The lowest BCUT2D eigenvalue weighted by atomic mass is 9.97. The maximum Gasteiger partial charge on any atom is 0.0847 e. The number of hydrogen-bond acceptors (Lipinski definition) is 5. The van der Waals surface area contributed by atoms with Crippen LogP contribution in [0.2, 0.25) is 0 Å². The summed E-state index contributed by atoms with van der Waals surface area (Å²) in [6.45, 7) is 2.58. The predicted octanol–water partition coefficient (Wildman–Crippen LogP) is 2.81. The number of aliphatic hydroxyl groups is 2. The minimum atomic E-state index is -1.02. The van der Waals surface area contributed by atoms with Crippen molar-refractivity contribution in [3.8, 4) is 0 Å². The van der Waals surface area contributed by atoms with E-state index in [9.17, 15) is 10.2 Å². The van der Waals surface area contributed by atoms with Crippen LogP contribution in [-0.2, 0) is 13.0 Å². The molecule has 0 fully saturated rings. The lowest BCUT2D eigenvalue weighted by Crippen LogP contribution is -2.49. The maximum atomic E-state index is 9.23. The largest absolute Gasteiger partial charge is 0.394 e. The van der Waals surface area contributed by atoms with Crippen molar-refractivity contribution in [3.63, 3.8) is 0 Å². The van der Waals surface area contributed by atoms with Crippen LogP contribution in [-0.4, -0.2) is 44.0 Å². The smallest absolute Gasteiger partial charge is 0.0847 e. The minimum absolute atomic E-state index is 0.269. The van der Waals surface area contributed by atoms with Gasteiger partial charge in [0.25, 0.3) is 0 Å². The fourth-order valence-corrected chi connectivity index (χ4v) is 2.99. The molecule has 0 radical (unpaired) electrons. The number of nitrogens with zero attached hydrogens (tertiary/aromatic N) is 3. The van der Waals surface area contributed by atoms with E-state index in [0.717, 1.165) is 13.0 Å². The summed E-state index contributed by atoms with van der Waals surface area (Å²) in [7, 11) is 0. The standard InChI is InChI=1S/C19H38N4O2/c1-2-3-4-5-6-7-8-9-10-11-12-13-23-15-18(21-22-23)14-19(20,16-24)17-25/h15,24-25H,2-14,16-17,20H2,1H3. The number of unbranched alkanes of at least 4 members (excludes halogenated alkanes) is 10. The van der Waals surface area contributed by atoms with E-state index in [-0.39, 0.29) is 13.2 Å². The topological polar surface area (TPSA) is 97.2 Å². The molecule has 0 amide bonds. The van der Waals surface area contributed by atoms with E-state index in [1.165, 1.54) is 64.2 Å². The van der Waals surface area contributed by atoms with E-state index < -0.39 is 5.54 Å². The summed E-state index contributed by atoms with van der Waals surface area (Å²) in [5.41, 5.74) is 5.57. The van der Waals surface area contributed by atoms with Gasteiger partial charge in [0.2, 0.25) is 0 Å². The quantitative estimate of drug-likeness (QED) is 0.397. The van der Waals surface area contributed by atoms with E-state index in [4.69, 9.17) is 5.73 Å². The molecule has 1 aromatic heterocycles. The number of nitrogens with two attached hydrogens (primary N) is 1. The number of aliphatic hydroxyl groups excluding tert-OH is 2. The van der Waals surface area contributed by atoms with Crippen molar-refractivity contribution in [1.82, 2.24) is 15.0 Å². The highest BCUT2D eigenvalue weighted by atomic mass is 16.3. The second kappa shape index (κ2) is 13.3. The highest BCUT2D eigenvalue weighted by Crippen LogP contribution is 2.12. The summed E-state index contributed by atoms with van der Waals surface area (Å²) in [5, 5.41) is 26.6. The molecule has 0 saturated carbocycles. The molecular weight excluding hydrogens is 316 g/mol. The number of aryl methyl sites for hydroxylation is 1. The molecule has 0 unspecified atom stereocenters. The Morgan fingerprint density at radius 2 is 1.44 bits per heavy atom. The average molecular weight is 355 g/mol. The molecule has 25 heavy (non-hydrogen) atoms. The summed E-state index contributed by atoms with van der Waals surface area (Å²) < 4.78 is 1.83. The van der Waals surface area contributed by atoms with Gasteiger partial charge in [-0.2, -0.15) is 0 Å². The fourth-order valence-electron chi connectivity index (χ4n) is 2.99. The zero-order valence-corrected chi connectivity index (χ0v) is 16.0. The van der Waals surface area contributed by atoms with Gasteiger partial charge in [-0.1, -0.05) is 76.3 Å². The zero-order chi connectivity index (χ0) is 18.4. The van der Waals surface area contributed by atoms with Crippen LogP contribution in [0.5, 0.6) is 0 Å². The van der Waals surface area contributed by atoms with Crippen molar-refractivity contribution in [2.75, 3.05) is 13.2 Å². The fraction of sp³-hybridized carbons (Fsp3) is 0.895. The highest BCUT2D eigenvalue weighted by molar-refractivity contribution is 5.01. The Labute approximate surface area is 152 Å². The third-order valence-electron chi connectivity index (χ3n) is 4.74. The minimum Gasteiger partial charge on any atom is -0.394 e. The van der Waals surface area contributed by atoms with Crippen molar-refractivity contribution in [3.05, 3.63) is 11.9 Å². The van der Waals surface area contributed by atoms with Crippen molar-refractivity contribution >= 4 is 0 Å². The van der Waals surface area contributed by atoms with Gasteiger partial charge in [0.15, 0.2) is 0 Å². The number of rotatable bonds is 16. The molecule has 6 nitrogen and oxygen atoms in total. The number of hydrogen-bond donors (Lipinski definition) is 3. The first kappa shape index (κ1) is 22.1. The van der Waals surface area contributed by atoms with Gasteiger partial charge in [-0.15, -0.1) is 5.10 Å². The van der Waals surface area contributed by atoms with E-state index in [0.29, 0.717) is 12.1 Å². The summed E-state index contributed by atoms with van der Waals surface area (Å²) in [5.74, 6) is 0. The monoisotopic (exact) mass is 354 g/mol. The average Bonchev–Trinajstić information content (AvgIpc) is 3.06. The lowest BCUT2D eigenvalue weighted by molar-refractivity contribution is 0.120. The van der Waals surface area contributed by atoms with Crippen LogP contribution >= 0.6 is 0 Å². The molecule has 0 aliphatic heterocycles. The van der Waals surface area contributed by atoms with Crippen molar-refractivity contribution < 1.29 is 10.2 Å². The van der Waals surface area contributed by atoms with Crippen LogP contribution in [0.15, 0.2) is 6.20 Å². The van der Waals surface area contributed by atoms with E-state index in [1.54, 1.807) is 0 Å². The molecule has 0 atom stereocenters. The molecule has 1 rings (SSSR count). The molecule has 6 heteroatoms. The SMILES string of the molecule is CCCCCCCCCCCCCn1cc(CC(N)(CO)CO)nn1. The third-order valence-corrected chi connectivity index (χ3v) is 4.74. The van der Waals surface area contributed by atoms with Gasteiger partial charge in [-0.05, 0) is 6.42 Å². The molecule has 0 spiro atoms. The molecular formula is C19H38N4O2. The summed E-state index contributed by atoms with van der Waals surface area (Å²) in [6.07, 6.45) is 16.8. The van der Waals surface area contributed by atoms with Gasteiger partial charge >= 0.3 is 0 Å². The Morgan fingerprint density at radius 1 is 0.920 bits per heavy atom. The van der Waals surface area contributed by atoms with Gasteiger partial charge in [-0.3, -0.25) is 4.68 Å². The Morgan fingerprint density at radius 3 is 1.96 bits per heavy atom. The van der Waals surface area contributed by atoms with Crippen LogP contribution in [0.25, 0.3) is 0 Å². The first-order valence-corrected chi connectivity index (χ1v) is 10.0. The lowest BCUT2D eigenvalue weighted by Gasteiger charge is -2.22. The molecule has 1 heterocycles. The Balaban J connectivity index is 2.04. The van der Waals surface area contributed by atoms with Gasteiger partial charge in [0, 0.05) is 19.2 Å². The van der Waals surface area contributed by atoms with Gasteiger partial charge in [-0.25, -0.2) is 0 Å². The second-order valence-electron chi connectivity index (χ2n) is 7.36. The van der Waals surface area contributed by atoms with Crippen LogP contribution in [0, 0.1) is 0 Å². The van der Waals surface area contributed by atoms with E-state index in [1.807, 2.05) is 10.9 Å². The third kappa shape index (κ3) is 9.92. The Hall–Kier alpha value is -0.980. The summed E-state index contributed by atoms with van der Waals surface area (Å²) >= 11 is 0. The molecule has 1 aromatic rings. The van der Waals surface area contributed by atoms with Crippen LogP contribution in [0.3, 0.4) is 0 Å². The van der Waals surface area contributed by atoms with Gasteiger partial charge < -0.3 is 15.9 Å². The maximum absolute atomic E-state index is 9.23.